The van der Waals surface area contributed by atoms with Gasteiger partial charge in [0.1, 0.15) is 0 Å². The Morgan fingerprint density at radius 2 is 1.58 bits per heavy atom. The van der Waals surface area contributed by atoms with Gasteiger partial charge in [-0.3, -0.25) is 14.4 Å². The third-order valence-corrected chi connectivity index (χ3v) is 7.57. The molecule has 0 aromatic heterocycles. The van der Waals surface area contributed by atoms with Gasteiger partial charge in [0.05, 0.1) is 23.8 Å². The number of aryl methyl sites for hydroxylation is 1. The molecule has 3 aromatic rings. The van der Waals surface area contributed by atoms with Crippen molar-refractivity contribution in [3.63, 3.8) is 0 Å². The van der Waals surface area contributed by atoms with Crippen molar-refractivity contribution in [1.82, 2.24) is 10.2 Å². The summed E-state index contributed by atoms with van der Waals surface area (Å²) in [5.41, 5.74) is 3.64. The monoisotopic (exact) mass is 613 g/mol. The van der Waals surface area contributed by atoms with Gasteiger partial charge < -0.3 is 30.9 Å². The summed E-state index contributed by atoms with van der Waals surface area (Å²) in [6.07, 6.45) is 0.936. The van der Waals surface area contributed by atoms with Crippen molar-refractivity contribution in [3.8, 4) is 0 Å². The maximum atomic E-state index is 13.5. The molecular weight excluding hydrogens is 570 g/mol. The molecule has 0 spiro atoms. The summed E-state index contributed by atoms with van der Waals surface area (Å²) in [5.74, 6) is -1.37. The topological polar surface area (TPSA) is 131 Å². The number of aliphatic carboxylic acids is 1. The van der Waals surface area contributed by atoms with Crippen LogP contribution in [0, 0.1) is 12.3 Å². The Labute approximate surface area is 264 Å². The van der Waals surface area contributed by atoms with Gasteiger partial charge in [-0.15, -0.1) is 0 Å². The first kappa shape index (κ1) is 33.0. The average molecular weight is 614 g/mol. The van der Waals surface area contributed by atoms with Gasteiger partial charge >= 0.3 is 12.0 Å². The first-order valence-electron chi connectivity index (χ1n) is 15.3. The maximum Gasteiger partial charge on any atom is 0.323 e. The van der Waals surface area contributed by atoms with Crippen molar-refractivity contribution in [3.05, 3.63) is 89.5 Å². The van der Waals surface area contributed by atoms with Crippen molar-refractivity contribution in [1.29, 1.82) is 0 Å². The second-order valence-electron chi connectivity index (χ2n) is 12.7. The number of hydrogen-bond donors (Lipinski definition) is 4. The predicted octanol–water partition coefficient (Wildman–Crippen LogP) is 6.06. The molecule has 10 heteroatoms. The summed E-state index contributed by atoms with van der Waals surface area (Å²) >= 11 is 0. The average Bonchev–Trinajstić information content (AvgIpc) is 3.23. The van der Waals surface area contributed by atoms with Gasteiger partial charge in [-0.05, 0) is 54.7 Å². The smallest absolute Gasteiger partial charge is 0.323 e. The lowest BCUT2D eigenvalue weighted by molar-refractivity contribution is -0.137. The number of para-hydroxylation sites is 1. The zero-order valence-electron chi connectivity index (χ0n) is 26.4. The van der Waals surface area contributed by atoms with E-state index in [1.54, 1.807) is 30.3 Å². The van der Waals surface area contributed by atoms with Gasteiger partial charge in [-0.1, -0.05) is 68.8 Å². The molecule has 45 heavy (non-hydrogen) atoms. The Bertz CT molecular complexity index is 1500. The number of amides is 4. The molecule has 1 atom stereocenters. The van der Waals surface area contributed by atoms with E-state index < -0.39 is 23.9 Å². The Morgan fingerprint density at radius 3 is 2.24 bits per heavy atom. The number of nitrogens with zero attached hydrogens (tertiary/aromatic N) is 2. The molecule has 10 nitrogen and oxygen atoms in total. The minimum absolute atomic E-state index is 0.106. The minimum atomic E-state index is -1.03. The molecule has 0 radical (unpaired) electrons. The zero-order chi connectivity index (χ0) is 32.6. The van der Waals surface area contributed by atoms with Crippen LogP contribution in [0.3, 0.4) is 0 Å². The number of hydrogen-bond acceptors (Lipinski definition) is 5. The Morgan fingerprint density at radius 1 is 0.867 bits per heavy atom. The van der Waals surface area contributed by atoms with Crippen LogP contribution >= 0.6 is 0 Å². The van der Waals surface area contributed by atoms with Crippen LogP contribution in [0.15, 0.2) is 72.8 Å². The molecule has 0 saturated carbocycles. The predicted molar refractivity (Wildman–Crippen MR) is 177 cm³/mol. The highest BCUT2D eigenvalue weighted by Gasteiger charge is 2.26. The van der Waals surface area contributed by atoms with E-state index in [9.17, 15) is 24.3 Å². The molecule has 0 bridgehead atoms. The van der Waals surface area contributed by atoms with Crippen LogP contribution < -0.4 is 20.9 Å². The highest BCUT2D eigenvalue weighted by Crippen LogP contribution is 2.30. The second kappa shape index (κ2) is 14.7. The van der Waals surface area contributed by atoms with E-state index in [0.717, 1.165) is 17.7 Å². The fraction of sp³-hybridized carbons (Fsp3) is 0.371. The summed E-state index contributed by atoms with van der Waals surface area (Å²) in [4.78, 5) is 55.2. The van der Waals surface area contributed by atoms with Crippen LogP contribution in [0.2, 0.25) is 0 Å². The number of carbonyl (C=O) groups is 4. The van der Waals surface area contributed by atoms with Gasteiger partial charge in [0.15, 0.2) is 0 Å². The maximum absolute atomic E-state index is 13.5. The zero-order valence-corrected chi connectivity index (χ0v) is 26.4. The summed E-state index contributed by atoms with van der Waals surface area (Å²) in [5, 5.41) is 18.1. The van der Waals surface area contributed by atoms with Crippen molar-refractivity contribution >= 4 is 40.9 Å². The van der Waals surface area contributed by atoms with E-state index in [1.807, 2.05) is 54.3 Å². The number of benzene rings is 3. The number of anilines is 3. The highest BCUT2D eigenvalue weighted by atomic mass is 16.4. The second-order valence-corrected chi connectivity index (χ2v) is 12.7. The van der Waals surface area contributed by atoms with E-state index in [-0.39, 0.29) is 23.3 Å². The first-order valence-corrected chi connectivity index (χ1v) is 15.3. The molecule has 1 saturated heterocycles. The van der Waals surface area contributed by atoms with Gasteiger partial charge in [-0.25, -0.2) is 4.79 Å². The Hall–Kier alpha value is -4.86. The van der Waals surface area contributed by atoms with Gasteiger partial charge in [-0.2, -0.15) is 0 Å². The lowest BCUT2D eigenvalue weighted by atomic mass is 9.91. The number of carboxylic acids is 1. The van der Waals surface area contributed by atoms with E-state index in [4.69, 9.17) is 0 Å². The van der Waals surface area contributed by atoms with Crippen molar-refractivity contribution in [2.75, 3.05) is 41.7 Å². The van der Waals surface area contributed by atoms with E-state index >= 15 is 0 Å². The summed E-state index contributed by atoms with van der Waals surface area (Å²) in [6, 6.07) is 20.3. The third kappa shape index (κ3) is 9.82. The van der Waals surface area contributed by atoms with E-state index in [2.05, 4.69) is 41.6 Å². The Balaban J connectivity index is 1.59. The van der Waals surface area contributed by atoms with Crippen LogP contribution in [-0.2, 0) is 9.59 Å². The molecule has 1 fully saturated rings. The number of rotatable bonds is 9. The van der Waals surface area contributed by atoms with Crippen LogP contribution in [0.4, 0.5) is 21.9 Å². The number of carbonyl (C=O) groups excluding carboxylic acids is 3. The van der Waals surface area contributed by atoms with Gasteiger partial charge in [0.25, 0.3) is 5.91 Å². The lowest BCUT2D eigenvalue weighted by Gasteiger charge is -2.27. The molecular formula is C35H43N5O5. The van der Waals surface area contributed by atoms with E-state index in [1.165, 1.54) is 0 Å². The molecule has 3 aromatic carbocycles. The fourth-order valence-electron chi connectivity index (χ4n) is 5.30. The van der Waals surface area contributed by atoms with Crippen LogP contribution in [0.5, 0.6) is 0 Å². The van der Waals surface area contributed by atoms with Gasteiger partial charge in [0, 0.05) is 43.9 Å². The van der Waals surface area contributed by atoms with Crippen LogP contribution in [-0.4, -0.2) is 60.0 Å². The standard InChI is InChI=1S/C35H43N5O5/c1-24-11-13-25(14-12-24)28(22-32(42)43)37-33(44)26-15-16-30(29(21-26)38-34(45)36-27-9-6-5-7-10-27)39-17-8-18-40(20-19-39)31(41)23-35(2,3)4/h5-7,9-16,21,28H,8,17-20,22-23H2,1-4H3,(H,37,44)(H,42,43)(H2,36,38,45). The molecule has 238 valence electrons. The highest BCUT2D eigenvalue weighted by molar-refractivity contribution is 6.04. The van der Waals surface area contributed by atoms with Crippen molar-refractivity contribution in [2.24, 2.45) is 5.41 Å². The van der Waals surface area contributed by atoms with Crippen molar-refractivity contribution < 1.29 is 24.3 Å². The lowest BCUT2D eigenvalue weighted by Crippen LogP contribution is -2.37. The largest absolute Gasteiger partial charge is 0.481 e. The van der Waals surface area contributed by atoms with Crippen LogP contribution in [0.25, 0.3) is 0 Å². The molecule has 4 N–H and O–H groups in total. The third-order valence-electron chi connectivity index (χ3n) is 7.57. The number of urea groups is 1. The molecule has 1 aliphatic rings. The van der Waals surface area contributed by atoms with E-state index in [0.29, 0.717) is 49.5 Å². The molecule has 4 rings (SSSR count). The Kier molecular flexibility index (Phi) is 10.8. The molecule has 1 aliphatic heterocycles. The minimum Gasteiger partial charge on any atom is -0.481 e. The molecule has 4 amide bonds. The normalized spacial score (nSPS) is 14.2. The number of carboxylic acid groups (broad SMARTS) is 1. The fourth-order valence-corrected chi connectivity index (χ4v) is 5.30. The molecule has 1 unspecified atom stereocenters. The van der Waals surface area contributed by atoms with Gasteiger partial charge in [0.2, 0.25) is 5.91 Å². The first-order chi connectivity index (χ1) is 21.4. The summed E-state index contributed by atoms with van der Waals surface area (Å²) < 4.78 is 0. The van der Waals surface area contributed by atoms with Crippen LogP contribution in [0.1, 0.15) is 67.6 Å². The summed E-state index contributed by atoms with van der Waals surface area (Å²) in [6.45, 7) is 10.5. The molecule has 0 aliphatic carbocycles. The number of nitrogens with one attached hydrogen (secondary N) is 3. The quantitative estimate of drug-likeness (QED) is 0.232. The summed E-state index contributed by atoms with van der Waals surface area (Å²) in [7, 11) is 0. The molecule has 1 heterocycles. The van der Waals surface area contributed by atoms with Crippen molar-refractivity contribution in [2.45, 2.75) is 53.0 Å². The SMILES string of the molecule is Cc1ccc(C(CC(=O)O)NC(=O)c2ccc(N3CCCN(C(=O)CC(C)(C)C)CC3)c(NC(=O)Nc3ccccc3)c2)cc1.